The monoisotopic (exact) mass is 348 g/mol. The molecule has 0 atom stereocenters. The van der Waals surface area contributed by atoms with Crippen LogP contribution in [0, 0.1) is 29.6 Å². The molecule has 24 heavy (non-hydrogen) atoms. The molecule has 0 saturated carbocycles. The van der Waals surface area contributed by atoms with Gasteiger partial charge in [0, 0.05) is 32.3 Å². The second-order valence-corrected chi connectivity index (χ2v) is 13.4. The van der Waals surface area contributed by atoms with Crippen molar-refractivity contribution in [2.45, 2.75) is 104 Å². The van der Waals surface area contributed by atoms with Crippen LogP contribution in [-0.4, -0.2) is 14.9 Å². The van der Waals surface area contributed by atoms with E-state index in [0.29, 0.717) is 5.04 Å². The number of hydrogen-bond donors (Lipinski definition) is 0. The summed E-state index contributed by atoms with van der Waals surface area (Å²) in [6.45, 7) is 16.9. The summed E-state index contributed by atoms with van der Waals surface area (Å²) in [6, 6.07) is 0. The number of unbranched alkanes of at least 4 members (excludes halogenated alkanes) is 4. The first-order valence-electron chi connectivity index (χ1n) is 9.72. The Balaban J connectivity index is 3.58. The zero-order valence-electron chi connectivity index (χ0n) is 17.3. The van der Waals surface area contributed by atoms with Gasteiger partial charge in [0.1, 0.15) is 0 Å². The molecule has 0 heterocycles. The third-order valence-corrected chi connectivity index (χ3v) is 9.21. The van der Waals surface area contributed by atoms with Crippen LogP contribution in [0.25, 0.3) is 0 Å². The summed E-state index contributed by atoms with van der Waals surface area (Å²) >= 11 is 0. The maximum atomic E-state index is 6.17. The molecule has 0 bridgehead atoms. The predicted octanol–water partition coefficient (Wildman–Crippen LogP) is 6.79. The molecule has 0 rings (SSSR count). The van der Waals surface area contributed by atoms with Crippen LogP contribution in [0.3, 0.4) is 0 Å². The Kier molecular flexibility index (Phi) is 12.3. The summed E-state index contributed by atoms with van der Waals surface area (Å²) in [5.74, 6) is 13.8. The van der Waals surface area contributed by atoms with Gasteiger partial charge in [-0.15, -0.1) is 23.7 Å². The molecule has 0 aliphatic rings. The van der Waals surface area contributed by atoms with Gasteiger partial charge >= 0.3 is 0 Å². The van der Waals surface area contributed by atoms with Crippen LogP contribution in [0.4, 0.5) is 0 Å². The molecular weight excluding hydrogens is 308 g/mol. The first-order chi connectivity index (χ1) is 11.2. The van der Waals surface area contributed by atoms with E-state index < -0.39 is 8.32 Å². The third kappa shape index (κ3) is 12.7. The SMILES string of the molecule is CC(C)CCCC#CCCC#CCCCCO[Si](C)(C)C(C)(C)C. The lowest BCUT2D eigenvalue weighted by Crippen LogP contribution is -2.40. The van der Waals surface area contributed by atoms with Crippen LogP contribution in [0.2, 0.25) is 18.1 Å². The Bertz CT molecular complexity index is 435. The molecule has 0 fully saturated rings. The highest BCUT2D eigenvalue weighted by Gasteiger charge is 2.36. The van der Waals surface area contributed by atoms with Crippen molar-refractivity contribution in [3.05, 3.63) is 0 Å². The van der Waals surface area contributed by atoms with Crippen molar-refractivity contribution in [1.29, 1.82) is 0 Å². The summed E-state index contributed by atoms with van der Waals surface area (Å²) in [7, 11) is -1.56. The first-order valence-corrected chi connectivity index (χ1v) is 12.6. The first kappa shape index (κ1) is 23.3. The van der Waals surface area contributed by atoms with Gasteiger partial charge in [0.25, 0.3) is 0 Å². The fraction of sp³-hybridized carbons (Fsp3) is 0.818. The van der Waals surface area contributed by atoms with E-state index in [2.05, 4.69) is 71.4 Å². The van der Waals surface area contributed by atoms with Crippen LogP contribution < -0.4 is 0 Å². The van der Waals surface area contributed by atoms with E-state index in [0.717, 1.165) is 51.0 Å². The van der Waals surface area contributed by atoms with Gasteiger partial charge < -0.3 is 4.43 Å². The van der Waals surface area contributed by atoms with Crippen LogP contribution >= 0.6 is 0 Å². The molecule has 0 aliphatic carbocycles. The van der Waals surface area contributed by atoms with Crippen molar-refractivity contribution < 1.29 is 4.43 Å². The molecule has 0 aliphatic heterocycles. The van der Waals surface area contributed by atoms with Crippen LogP contribution in [0.5, 0.6) is 0 Å². The number of hydrogen-bond acceptors (Lipinski definition) is 1. The van der Waals surface area contributed by atoms with Gasteiger partial charge in [-0.2, -0.15) is 0 Å². The molecule has 0 aromatic heterocycles. The lowest BCUT2D eigenvalue weighted by molar-refractivity contribution is 0.280. The molecule has 138 valence electrons. The standard InChI is InChI=1S/C22H40OSi/c1-21(2)19-17-15-13-11-9-8-10-12-14-16-18-20-23-24(6,7)22(3,4)5/h21H,8-9,14-20H2,1-7H3. The Labute approximate surface area is 153 Å². The summed E-state index contributed by atoms with van der Waals surface area (Å²) in [4.78, 5) is 0. The maximum Gasteiger partial charge on any atom is 0.191 e. The van der Waals surface area contributed by atoms with Gasteiger partial charge in [0.2, 0.25) is 0 Å². The Morgan fingerprint density at radius 3 is 1.79 bits per heavy atom. The van der Waals surface area contributed by atoms with Crippen molar-refractivity contribution in [1.82, 2.24) is 0 Å². The van der Waals surface area contributed by atoms with Gasteiger partial charge in [-0.25, -0.2) is 0 Å². The van der Waals surface area contributed by atoms with Gasteiger partial charge in [-0.05, 0) is 43.3 Å². The zero-order chi connectivity index (χ0) is 18.5. The predicted molar refractivity (Wildman–Crippen MR) is 110 cm³/mol. The van der Waals surface area contributed by atoms with Crippen LogP contribution in [0.1, 0.15) is 86.0 Å². The number of rotatable bonds is 9. The van der Waals surface area contributed by atoms with Gasteiger partial charge in [-0.1, -0.05) is 41.0 Å². The molecule has 0 N–H and O–H groups in total. The maximum absolute atomic E-state index is 6.17. The summed E-state index contributed by atoms with van der Waals surface area (Å²) in [5.41, 5.74) is 0. The van der Waals surface area contributed by atoms with Crippen molar-refractivity contribution in [2.75, 3.05) is 6.61 Å². The zero-order valence-corrected chi connectivity index (χ0v) is 18.3. The quantitative estimate of drug-likeness (QED) is 0.253. The van der Waals surface area contributed by atoms with E-state index >= 15 is 0 Å². The summed E-state index contributed by atoms with van der Waals surface area (Å²) in [5, 5.41) is 0.308. The molecule has 0 spiro atoms. The Hall–Kier alpha value is -0.703. The highest BCUT2D eigenvalue weighted by molar-refractivity contribution is 6.74. The lowest BCUT2D eigenvalue weighted by Gasteiger charge is -2.36. The fourth-order valence-corrected chi connectivity index (χ4v) is 3.02. The third-order valence-electron chi connectivity index (χ3n) is 4.67. The molecule has 0 aromatic rings. The lowest BCUT2D eigenvalue weighted by atomic mass is 10.1. The largest absolute Gasteiger partial charge is 0.417 e. The molecule has 0 saturated heterocycles. The highest BCUT2D eigenvalue weighted by atomic mass is 28.4. The fourth-order valence-electron chi connectivity index (χ4n) is 1.94. The molecule has 0 unspecified atom stereocenters. The Morgan fingerprint density at radius 2 is 1.29 bits per heavy atom. The molecule has 0 radical (unpaired) electrons. The molecule has 0 amide bonds. The van der Waals surface area contributed by atoms with E-state index in [1.165, 1.54) is 12.8 Å². The average molecular weight is 349 g/mol. The molecular formula is C22H40OSi. The van der Waals surface area contributed by atoms with Crippen LogP contribution in [-0.2, 0) is 4.43 Å². The van der Waals surface area contributed by atoms with Crippen molar-refractivity contribution in [2.24, 2.45) is 5.92 Å². The second kappa shape index (κ2) is 12.6. The highest BCUT2D eigenvalue weighted by Crippen LogP contribution is 2.36. The normalized spacial score (nSPS) is 11.7. The van der Waals surface area contributed by atoms with Gasteiger partial charge in [-0.3, -0.25) is 0 Å². The summed E-state index contributed by atoms with van der Waals surface area (Å²) < 4.78 is 6.17. The topological polar surface area (TPSA) is 9.23 Å². The summed E-state index contributed by atoms with van der Waals surface area (Å²) in [6.07, 6.45) is 8.64. The van der Waals surface area contributed by atoms with Crippen LogP contribution in [0.15, 0.2) is 0 Å². The van der Waals surface area contributed by atoms with E-state index in [9.17, 15) is 0 Å². The van der Waals surface area contributed by atoms with Gasteiger partial charge in [0.05, 0.1) is 0 Å². The van der Waals surface area contributed by atoms with E-state index in [-0.39, 0.29) is 0 Å². The van der Waals surface area contributed by atoms with Crippen molar-refractivity contribution >= 4 is 8.32 Å². The molecule has 0 aromatic carbocycles. The minimum absolute atomic E-state index is 0.308. The van der Waals surface area contributed by atoms with E-state index in [4.69, 9.17) is 4.43 Å². The van der Waals surface area contributed by atoms with Crippen molar-refractivity contribution in [3.8, 4) is 23.7 Å². The average Bonchev–Trinajstić information content (AvgIpc) is 2.46. The minimum Gasteiger partial charge on any atom is -0.417 e. The van der Waals surface area contributed by atoms with Crippen molar-refractivity contribution in [3.63, 3.8) is 0 Å². The molecule has 1 nitrogen and oxygen atoms in total. The van der Waals surface area contributed by atoms with Gasteiger partial charge in [0.15, 0.2) is 8.32 Å². The molecule has 2 heteroatoms. The Morgan fingerprint density at radius 1 is 0.792 bits per heavy atom. The second-order valence-electron chi connectivity index (χ2n) is 8.56. The van der Waals surface area contributed by atoms with E-state index in [1.54, 1.807) is 0 Å². The van der Waals surface area contributed by atoms with E-state index in [1.807, 2.05) is 0 Å². The smallest absolute Gasteiger partial charge is 0.191 e. The minimum atomic E-state index is -1.56.